The standard InChI is InChI=1S/C32H68O7Si3/c1-12-13-14-15-16-17-18-19-20-21-22-23-24-25-28(33)36-26-27-29(38-41(6,7)8)30(39-42(9,10)11)32(34,40(3,4)5)31(35-2)37-27/h27,29-31,34H,12-26H2,1-11H3/t27-,29-,30+,31+,32+/m1/s1. The van der Waals surface area contributed by atoms with Gasteiger partial charge < -0.3 is 28.2 Å². The summed E-state index contributed by atoms with van der Waals surface area (Å²) in [5.74, 6) is -0.212. The number of ether oxygens (including phenoxy) is 3. The largest absolute Gasteiger partial charge is 0.463 e. The topological polar surface area (TPSA) is 83.5 Å². The van der Waals surface area contributed by atoms with Crippen molar-refractivity contribution in [2.75, 3.05) is 13.7 Å². The Morgan fingerprint density at radius 3 is 1.60 bits per heavy atom. The highest BCUT2D eigenvalue weighted by atomic mass is 28.4. The summed E-state index contributed by atoms with van der Waals surface area (Å²) in [5.41, 5.74) is 0. The van der Waals surface area contributed by atoms with Gasteiger partial charge in [0.1, 0.15) is 30.1 Å². The molecule has 7 nitrogen and oxygen atoms in total. The molecular formula is C32H68O7Si3. The molecule has 0 aromatic carbocycles. The van der Waals surface area contributed by atoms with Crippen LogP contribution in [-0.2, 0) is 27.9 Å². The summed E-state index contributed by atoms with van der Waals surface area (Å²) in [6, 6.07) is 0. The van der Waals surface area contributed by atoms with E-state index in [1.165, 1.54) is 70.6 Å². The number of esters is 1. The molecule has 10 heteroatoms. The van der Waals surface area contributed by atoms with Gasteiger partial charge in [-0.3, -0.25) is 4.79 Å². The number of hydrogen-bond acceptors (Lipinski definition) is 7. The van der Waals surface area contributed by atoms with Crippen molar-refractivity contribution in [1.82, 2.24) is 0 Å². The Balaban J connectivity index is 2.66. The number of carbonyl (C=O) groups excluding carboxylic acids is 1. The monoisotopic (exact) mass is 648 g/mol. The van der Waals surface area contributed by atoms with Gasteiger partial charge in [0.05, 0.1) is 8.07 Å². The van der Waals surface area contributed by atoms with Gasteiger partial charge in [0.15, 0.2) is 22.9 Å². The molecule has 5 atom stereocenters. The first-order chi connectivity index (χ1) is 19.5. The average molecular weight is 649 g/mol. The molecule has 1 saturated heterocycles. The third-order valence-corrected chi connectivity index (χ3v) is 12.9. The van der Waals surface area contributed by atoms with Crippen LogP contribution in [0, 0.1) is 0 Å². The van der Waals surface area contributed by atoms with Crippen LogP contribution in [0.1, 0.15) is 96.8 Å². The van der Waals surface area contributed by atoms with E-state index in [1.807, 2.05) is 0 Å². The molecule has 0 spiro atoms. The number of carbonyl (C=O) groups is 1. The van der Waals surface area contributed by atoms with Crippen LogP contribution in [0.25, 0.3) is 0 Å². The third-order valence-electron chi connectivity index (χ3n) is 8.04. The van der Waals surface area contributed by atoms with Gasteiger partial charge >= 0.3 is 5.97 Å². The fourth-order valence-corrected chi connectivity index (χ4v) is 9.94. The van der Waals surface area contributed by atoms with Crippen molar-refractivity contribution in [3.05, 3.63) is 0 Å². The summed E-state index contributed by atoms with van der Waals surface area (Å²) in [6.45, 7) is 21.3. The fraction of sp³-hybridized carbons (Fsp3) is 0.969. The second kappa shape index (κ2) is 18.8. The summed E-state index contributed by atoms with van der Waals surface area (Å²) in [7, 11) is -4.98. The molecule has 1 N–H and O–H groups in total. The van der Waals surface area contributed by atoms with E-state index >= 15 is 0 Å². The van der Waals surface area contributed by atoms with Crippen LogP contribution in [-0.4, -0.2) is 79.3 Å². The molecule has 0 saturated carbocycles. The lowest BCUT2D eigenvalue weighted by atomic mass is 9.98. The average Bonchev–Trinajstić information content (AvgIpc) is 2.86. The summed E-state index contributed by atoms with van der Waals surface area (Å²) in [5, 5.41) is 10.9. The van der Waals surface area contributed by atoms with Crippen molar-refractivity contribution in [3.63, 3.8) is 0 Å². The SMILES string of the molecule is CCCCCCCCCCCCCCCC(=O)OC[C@H]1O[C@H](OC)[C@@](O)([Si](C)(C)C)[C@@H](O[Si](C)(C)C)[C@@H]1O[Si](C)(C)C. The van der Waals surface area contributed by atoms with Gasteiger partial charge in [0.25, 0.3) is 0 Å². The Kier molecular flexibility index (Phi) is 17.9. The summed E-state index contributed by atoms with van der Waals surface area (Å²) >= 11 is 0. The lowest BCUT2D eigenvalue weighted by Gasteiger charge is -2.57. The van der Waals surface area contributed by atoms with E-state index in [1.54, 1.807) is 7.11 Å². The normalized spacial score (nSPS) is 25.5. The molecule has 1 fully saturated rings. The molecule has 0 aliphatic carbocycles. The number of rotatable bonds is 22. The molecular weight excluding hydrogens is 581 g/mol. The number of aliphatic hydroxyl groups is 1. The fourth-order valence-electron chi connectivity index (χ4n) is 5.69. The molecule has 0 unspecified atom stereocenters. The van der Waals surface area contributed by atoms with Crippen LogP contribution in [0.3, 0.4) is 0 Å². The number of unbranched alkanes of at least 4 members (excludes halogenated alkanes) is 12. The second-order valence-electron chi connectivity index (χ2n) is 15.3. The zero-order valence-electron chi connectivity index (χ0n) is 29.3. The van der Waals surface area contributed by atoms with E-state index < -0.39 is 54.5 Å². The molecule has 1 aliphatic heterocycles. The van der Waals surface area contributed by atoms with Crippen LogP contribution in [0.15, 0.2) is 0 Å². The van der Waals surface area contributed by atoms with E-state index in [9.17, 15) is 9.90 Å². The minimum atomic E-state index is -2.33. The molecule has 0 amide bonds. The Morgan fingerprint density at radius 2 is 1.19 bits per heavy atom. The smallest absolute Gasteiger partial charge is 0.305 e. The van der Waals surface area contributed by atoms with Crippen molar-refractivity contribution in [3.8, 4) is 0 Å². The van der Waals surface area contributed by atoms with Crippen molar-refractivity contribution in [2.45, 2.75) is 186 Å². The molecule has 0 aromatic rings. The minimum absolute atomic E-state index is 0.0552. The van der Waals surface area contributed by atoms with Gasteiger partial charge in [-0.1, -0.05) is 104 Å². The number of methoxy groups -OCH3 is 1. The first kappa shape index (κ1) is 39.9. The summed E-state index contributed by atoms with van der Waals surface area (Å²) < 4.78 is 31.3. The zero-order valence-corrected chi connectivity index (χ0v) is 32.3. The van der Waals surface area contributed by atoms with Gasteiger partial charge in [-0.25, -0.2) is 0 Å². The number of hydrogen-bond donors (Lipinski definition) is 1. The zero-order chi connectivity index (χ0) is 32.0. The van der Waals surface area contributed by atoms with E-state index in [2.05, 4.69) is 65.8 Å². The second-order valence-corrected chi connectivity index (χ2v) is 29.6. The minimum Gasteiger partial charge on any atom is -0.463 e. The first-order valence-corrected chi connectivity index (χ1v) is 27.2. The predicted octanol–water partition coefficient (Wildman–Crippen LogP) is 8.43. The third kappa shape index (κ3) is 14.3. The Hall–Kier alpha value is -0.0794. The summed E-state index contributed by atoms with van der Waals surface area (Å²) in [4.78, 5) is 12.7. The molecule has 1 heterocycles. The van der Waals surface area contributed by atoms with Crippen molar-refractivity contribution >= 4 is 30.7 Å². The van der Waals surface area contributed by atoms with Gasteiger partial charge in [0, 0.05) is 13.5 Å². The van der Waals surface area contributed by atoms with Crippen LogP contribution in [0.2, 0.25) is 58.9 Å². The lowest BCUT2D eigenvalue weighted by Crippen LogP contribution is -2.78. The molecule has 42 heavy (non-hydrogen) atoms. The van der Waals surface area contributed by atoms with Gasteiger partial charge in [-0.2, -0.15) is 0 Å². The quantitative estimate of drug-likeness (QED) is 0.0717. The van der Waals surface area contributed by atoms with E-state index in [0.29, 0.717) is 6.42 Å². The van der Waals surface area contributed by atoms with Gasteiger partial charge in [-0.05, 0) is 45.7 Å². The van der Waals surface area contributed by atoms with E-state index in [4.69, 9.17) is 23.1 Å². The van der Waals surface area contributed by atoms with Crippen LogP contribution in [0.4, 0.5) is 0 Å². The van der Waals surface area contributed by atoms with Gasteiger partial charge in [0.2, 0.25) is 0 Å². The maximum absolute atomic E-state index is 12.7. The van der Waals surface area contributed by atoms with Crippen LogP contribution < -0.4 is 0 Å². The molecule has 0 bridgehead atoms. The molecule has 0 radical (unpaired) electrons. The van der Waals surface area contributed by atoms with E-state index in [-0.39, 0.29) is 12.6 Å². The van der Waals surface area contributed by atoms with Crippen molar-refractivity contribution < 1.29 is 33.0 Å². The highest BCUT2D eigenvalue weighted by Crippen LogP contribution is 2.42. The first-order valence-electron chi connectivity index (χ1n) is 16.9. The van der Waals surface area contributed by atoms with Crippen LogP contribution in [0.5, 0.6) is 0 Å². The van der Waals surface area contributed by atoms with Crippen molar-refractivity contribution in [1.29, 1.82) is 0 Å². The summed E-state index contributed by atoms with van der Waals surface area (Å²) in [6.07, 6.45) is 14.2. The molecule has 250 valence electrons. The maximum Gasteiger partial charge on any atom is 0.305 e. The maximum atomic E-state index is 12.7. The highest BCUT2D eigenvalue weighted by Gasteiger charge is 2.64. The Morgan fingerprint density at radius 1 is 0.738 bits per heavy atom. The molecule has 1 aliphatic rings. The lowest BCUT2D eigenvalue weighted by molar-refractivity contribution is -0.307. The molecule has 1 rings (SSSR count). The molecule has 0 aromatic heterocycles. The van der Waals surface area contributed by atoms with Crippen LogP contribution >= 0.6 is 0 Å². The van der Waals surface area contributed by atoms with E-state index in [0.717, 1.165) is 12.8 Å². The Labute approximate surface area is 262 Å². The van der Waals surface area contributed by atoms with Crippen molar-refractivity contribution in [2.24, 2.45) is 0 Å². The highest BCUT2D eigenvalue weighted by molar-refractivity contribution is 6.79. The predicted molar refractivity (Wildman–Crippen MR) is 182 cm³/mol. The van der Waals surface area contributed by atoms with Gasteiger partial charge in [-0.15, -0.1) is 0 Å². The Bertz CT molecular complexity index is 748.